The SMILES string of the molecule is CS(=O)(=O)CC1CCC(c2cc(F)c(S(=O)(=O)c3ccc(Cl)cc3)cc2F)CC1. The maximum absolute atomic E-state index is 14.7. The Morgan fingerprint density at radius 1 is 0.931 bits per heavy atom. The van der Waals surface area contributed by atoms with E-state index in [9.17, 15) is 25.6 Å². The van der Waals surface area contributed by atoms with E-state index >= 15 is 0 Å². The molecule has 158 valence electrons. The van der Waals surface area contributed by atoms with Gasteiger partial charge in [-0.25, -0.2) is 25.6 Å². The van der Waals surface area contributed by atoms with Crippen LogP contribution in [0.1, 0.15) is 37.2 Å². The zero-order valence-electron chi connectivity index (χ0n) is 15.7. The summed E-state index contributed by atoms with van der Waals surface area (Å²) in [4.78, 5) is -0.888. The van der Waals surface area contributed by atoms with E-state index in [4.69, 9.17) is 11.6 Å². The molecule has 29 heavy (non-hydrogen) atoms. The molecule has 0 N–H and O–H groups in total. The van der Waals surface area contributed by atoms with Crippen molar-refractivity contribution in [3.63, 3.8) is 0 Å². The van der Waals surface area contributed by atoms with Crippen molar-refractivity contribution in [2.24, 2.45) is 5.92 Å². The second kappa shape index (κ2) is 8.32. The molecule has 0 heterocycles. The minimum atomic E-state index is -4.23. The summed E-state index contributed by atoms with van der Waals surface area (Å²) in [6, 6.07) is 6.91. The number of hydrogen-bond acceptors (Lipinski definition) is 4. The summed E-state index contributed by atoms with van der Waals surface area (Å²) >= 11 is 5.75. The van der Waals surface area contributed by atoms with Crippen LogP contribution in [0.4, 0.5) is 8.78 Å². The first-order valence-corrected chi connectivity index (χ1v) is 13.1. The fourth-order valence-electron chi connectivity index (χ4n) is 3.87. The van der Waals surface area contributed by atoms with Crippen LogP contribution in [0.5, 0.6) is 0 Å². The van der Waals surface area contributed by atoms with Crippen molar-refractivity contribution in [1.82, 2.24) is 0 Å². The highest BCUT2D eigenvalue weighted by atomic mass is 35.5. The van der Waals surface area contributed by atoms with Crippen LogP contribution in [0.15, 0.2) is 46.2 Å². The molecule has 2 aromatic carbocycles. The molecule has 4 nitrogen and oxygen atoms in total. The highest BCUT2D eigenvalue weighted by Crippen LogP contribution is 2.39. The molecule has 0 amide bonds. The highest BCUT2D eigenvalue weighted by molar-refractivity contribution is 7.91. The lowest BCUT2D eigenvalue weighted by Crippen LogP contribution is -2.21. The van der Waals surface area contributed by atoms with Gasteiger partial charge in [-0.15, -0.1) is 0 Å². The Bertz CT molecular complexity index is 1110. The van der Waals surface area contributed by atoms with Crippen LogP contribution < -0.4 is 0 Å². The molecule has 1 saturated carbocycles. The molecule has 0 unspecified atom stereocenters. The van der Waals surface area contributed by atoms with E-state index in [1.165, 1.54) is 30.5 Å². The average molecular weight is 463 g/mol. The first-order chi connectivity index (χ1) is 13.5. The summed E-state index contributed by atoms with van der Waals surface area (Å²) in [7, 11) is -7.31. The molecule has 0 spiro atoms. The molecule has 0 saturated heterocycles. The van der Waals surface area contributed by atoms with Gasteiger partial charge in [0.2, 0.25) is 9.84 Å². The van der Waals surface area contributed by atoms with E-state index in [2.05, 4.69) is 0 Å². The van der Waals surface area contributed by atoms with Crippen molar-refractivity contribution in [2.45, 2.75) is 41.4 Å². The molecule has 1 fully saturated rings. The molecular weight excluding hydrogens is 442 g/mol. The predicted molar refractivity (Wildman–Crippen MR) is 108 cm³/mol. The standard InChI is InChI=1S/C20H21ClF2O4S2/c1-28(24,25)12-13-2-4-14(5-3-13)17-10-19(23)20(11-18(17)22)29(26,27)16-8-6-15(21)7-9-16/h6-11,13-14H,2-5,12H2,1H3. The molecule has 0 bridgehead atoms. The third-order valence-electron chi connectivity index (χ3n) is 5.29. The van der Waals surface area contributed by atoms with Crippen molar-refractivity contribution >= 4 is 31.3 Å². The van der Waals surface area contributed by atoms with Gasteiger partial charge >= 0.3 is 0 Å². The van der Waals surface area contributed by atoms with Gasteiger partial charge in [-0.1, -0.05) is 11.6 Å². The molecule has 2 aromatic rings. The second-order valence-electron chi connectivity index (χ2n) is 7.57. The molecule has 0 atom stereocenters. The van der Waals surface area contributed by atoms with Crippen molar-refractivity contribution in [2.75, 3.05) is 12.0 Å². The van der Waals surface area contributed by atoms with E-state index in [0.29, 0.717) is 30.7 Å². The number of sulfone groups is 2. The van der Waals surface area contributed by atoms with Crippen molar-refractivity contribution < 1.29 is 25.6 Å². The normalized spacial score (nSPS) is 20.6. The number of halogens is 3. The highest BCUT2D eigenvalue weighted by Gasteiger charge is 2.29. The smallest absolute Gasteiger partial charge is 0.209 e. The van der Waals surface area contributed by atoms with Crippen LogP contribution in [-0.4, -0.2) is 28.8 Å². The Labute approximate surface area is 174 Å². The summed E-state index contributed by atoms with van der Waals surface area (Å²) in [5.74, 6) is -1.94. The van der Waals surface area contributed by atoms with E-state index < -0.39 is 36.2 Å². The van der Waals surface area contributed by atoms with E-state index in [1.807, 2.05) is 0 Å². The Morgan fingerprint density at radius 2 is 1.52 bits per heavy atom. The first kappa shape index (κ1) is 22.2. The summed E-state index contributed by atoms with van der Waals surface area (Å²) in [5.41, 5.74) is 0.135. The van der Waals surface area contributed by atoms with Crippen molar-refractivity contribution in [1.29, 1.82) is 0 Å². The van der Waals surface area contributed by atoms with Crippen LogP contribution in [0.2, 0.25) is 5.02 Å². The van der Waals surface area contributed by atoms with Crippen LogP contribution in [0, 0.1) is 17.6 Å². The van der Waals surface area contributed by atoms with E-state index in [1.54, 1.807) is 0 Å². The van der Waals surface area contributed by atoms with Gasteiger partial charge in [0.05, 0.1) is 10.6 Å². The molecule has 1 aliphatic rings. The Kier molecular flexibility index (Phi) is 6.36. The predicted octanol–water partition coefficient (Wildman–Crippen LogP) is 4.77. The fourth-order valence-corrected chi connectivity index (χ4v) is 6.51. The quantitative estimate of drug-likeness (QED) is 0.641. The maximum Gasteiger partial charge on any atom is 0.209 e. The van der Waals surface area contributed by atoms with Crippen LogP contribution >= 0.6 is 11.6 Å². The monoisotopic (exact) mass is 462 g/mol. The van der Waals surface area contributed by atoms with E-state index in [0.717, 1.165) is 12.1 Å². The number of benzene rings is 2. The van der Waals surface area contributed by atoms with Gasteiger partial charge in [0, 0.05) is 11.3 Å². The van der Waals surface area contributed by atoms with Gasteiger partial charge in [0.15, 0.2) is 0 Å². The topological polar surface area (TPSA) is 68.3 Å². The first-order valence-electron chi connectivity index (χ1n) is 9.14. The van der Waals surface area contributed by atoms with Crippen LogP contribution in [0.3, 0.4) is 0 Å². The summed E-state index contributed by atoms with van der Waals surface area (Å²) in [5, 5.41) is 0.331. The summed E-state index contributed by atoms with van der Waals surface area (Å²) in [6.45, 7) is 0. The zero-order chi connectivity index (χ0) is 21.4. The molecule has 0 aromatic heterocycles. The Morgan fingerprint density at radius 3 is 2.07 bits per heavy atom. The lowest BCUT2D eigenvalue weighted by Gasteiger charge is -2.28. The second-order valence-corrected chi connectivity index (χ2v) is 12.1. The third-order valence-corrected chi connectivity index (χ3v) is 8.40. The van der Waals surface area contributed by atoms with Gasteiger partial charge in [-0.05, 0) is 79.5 Å². The largest absolute Gasteiger partial charge is 0.229 e. The maximum atomic E-state index is 14.7. The lowest BCUT2D eigenvalue weighted by molar-refractivity contribution is 0.342. The van der Waals surface area contributed by atoms with Crippen LogP contribution in [-0.2, 0) is 19.7 Å². The van der Waals surface area contributed by atoms with Gasteiger partial charge in [-0.3, -0.25) is 0 Å². The summed E-state index contributed by atoms with van der Waals surface area (Å²) in [6.07, 6.45) is 3.45. The Hall–Kier alpha value is -1.51. The fraction of sp³-hybridized carbons (Fsp3) is 0.400. The van der Waals surface area contributed by atoms with Crippen molar-refractivity contribution in [3.05, 3.63) is 58.6 Å². The van der Waals surface area contributed by atoms with Crippen LogP contribution in [0.25, 0.3) is 0 Å². The number of rotatable bonds is 5. The zero-order valence-corrected chi connectivity index (χ0v) is 18.1. The van der Waals surface area contributed by atoms with E-state index in [-0.39, 0.29) is 28.0 Å². The minimum Gasteiger partial charge on any atom is -0.229 e. The molecular formula is C20H21ClF2O4S2. The summed E-state index contributed by atoms with van der Waals surface area (Å²) < 4.78 is 77.7. The van der Waals surface area contributed by atoms with Gasteiger partial charge < -0.3 is 0 Å². The molecule has 9 heteroatoms. The third kappa shape index (κ3) is 5.16. The lowest BCUT2D eigenvalue weighted by atomic mass is 9.79. The molecule has 0 aliphatic heterocycles. The van der Waals surface area contributed by atoms with Gasteiger partial charge in [0.1, 0.15) is 26.4 Å². The minimum absolute atomic E-state index is 0.0127. The van der Waals surface area contributed by atoms with Crippen molar-refractivity contribution in [3.8, 4) is 0 Å². The van der Waals surface area contributed by atoms with Gasteiger partial charge in [0.25, 0.3) is 0 Å². The molecule has 3 rings (SSSR count). The number of hydrogen-bond donors (Lipinski definition) is 0. The Balaban J connectivity index is 1.84. The molecule has 0 radical (unpaired) electrons. The van der Waals surface area contributed by atoms with Gasteiger partial charge in [-0.2, -0.15) is 0 Å². The molecule has 1 aliphatic carbocycles. The average Bonchev–Trinajstić information content (AvgIpc) is 2.63.